The number of rotatable bonds is 7. The van der Waals surface area contributed by atoms with Crippen molar-refractivity contribution >= 4 is 11.9 Å². The molecule has 32 heavy (non-hydrogen) atoms. The SMILES string of the molecule is C=C1C[C@@H](OC(=O)c2ccccc2)[C@@H]2[C@](C)(CCC[C@@]2(C)C(=O)O)[C@@H]1CC/C(C)=C\CO. The summed E-state index contributed by atoms with van der Waals surface area (Å²) < 4.78 is 6.03. The molecule has 5 atom stereocenters. The molecule has 0 aromatic heterocycles. The summed E-state index contributed by atoms with van der Waals surface area (Å²) in [4.78, 5) is 25.4. The van der Waals surface area contributed by atoms with Crippen LogP contribution in [0.5, 0.6) is 0 Å². The Morgan fingerprint density at radius 3 is 2.53 bits per heavy atom. The molecule has 2 saturated carbocycles. The standard InChI is InChI=1S/C27H36O5/c1-18(13-16-28)11-12-21-19(2)17-22(32-24(29)20-9-6-5-7-10-20)23-26(21,3)14-8-15-27(23,4)25(30)31/h5-7,9-10,13,21-23,28H,2,8,11-12,14-17H2,1,3-4H3,(H,30,31)/b18-13-/t21-,22-,23-,26-,27-/m1/s1. The minimum absolute atomic E-state index is 0.0198. The Morgan fingerprint density at radius 2 is 1.91 bits per heavy atom. The Labute approximate surface area is 191 Å². The number of esters is 1. The molecule has 2 aliphatic rings. The molecule has 1 aromatic carbocycles. The summed E-state index contributed by atoms with van der Waals surface area (Å²) in [7, 11) is 0. The summed E-state index contributed by atoms with van der Waals surface area (Å²) in [6.45, 7) is 10.4. The van der Waals surface area contributed by atoms with Crippen LogP contribution in [0.15, 0.2) is 54.1 Å². The molecular formula is C27H36O5. The fraction of sp³-hybridized carbons (Fsp3) is 0.556. The van der Waals surface area contributed by atoms with Crippen LogP contribution >= 0.6 is 0 Å². The zero-order chi connectivity index (χ0) is 23.5. The number of aliphatic hydroxyl groups excluding tert-OH is 1. The third-order valence-corrected chi connectivity index (χ3v) is 7.96. The maximum absolute atomic E-state index is 12.9. The average Bonchev–Trinajstić information content (AvgIpc) is 2.73. The third-order valence-electron chi connectivity index (χ3n) is 7.96. The lowest BCUT2D eigenvalue weighted by atomic mass is 9.45. The van der Waals surface area contributed by atoms with E-state index in [0.29, 0.717) is 18.4 Å². The van der Waals surface area contributed by atoms with Gasteiger partial charge in [-0.2, -0.15) is 0 Å². The van der Waals surface area contributed by atoms with Gasteiger partial charge in [0, 0.05) is 12.3 Å². The van der Waals surface area contributed by atoms with Crippen molar-refractivity contribution in [1.29, 1.82) is 0 Å². The molecule has 0 spiro atoms. The van der Waals surface area contributed by atoms with Crippen LogP contribution in [0, 0.1) is 22.7 Å². The van der Waals surface area contributed by atoms with Crippen molar-refractivity contribution in [2.24, 2.45) is 22.7 Å². The van der Waals surface area contributed by atoms with Gasteiger partial charge in [-0.15, -0.1) is 0 Å². The van der Waals surface area contributed by atoms with Crippen LogP contribution in [0.3, 0.4) is 0 Å². The highest BCUT2D eigenvalue weighted by molar-refractivity contribution is 5.89. The predicted molar refractivity (Wildman–Crippen MR) is 124 cm³/mol. The fourth-order valence-corrected chi connectivity index (χ4v) is 6.38. The largest absolute Gasteiger partial charge is 0.481 e. The molecule has 0 radical (unpaired) electrons. The van der Waals surface area contributed by atoms with Crippen LogP contribution in [0.2, 0.25) is 0 Å². The summed E-state index contributed by atoms with van der Waals surface area (Å²) in [6, 6.07) is 8.86. The highest BCUT2D eigenvalue weighted by atomic mass is 16.5. The summed E-state index contributed by atoms with van der Waals surface area (Å²) in [5.74, 6) is -1.40. The third kappa shape index (κ3) is 4.54. The van der Waals surface area contributed by atoms with Gasteiger partial charge in [0.25, 0.3) is 0 Å². The van der Waals surface area contributed by atoms with Gasteiger partial charge in [0.15, 0.2) is 0 Å². The van der Waals surface area contributed by atoms with Crippen LogP contribution in [0.25, 0.3) is 0 Å². The molecule has 0 bridgehead atoms. The highest BCUT2D eigenvalue weighted by Crippen LogP contribution is 2.62. The molecule has 5 heteroatoms. The first-order valence-corrected chi connectivity index (χ1v) is 11.6. The van der Waals surface area contributed by atoms with E-state index in [1.54, 1.807) is 24.3 Å². The van der Waals surface area contributed by atoms with E-state index in [2.05, 4.69) is 13.5 Å². The molecule has 0 heterocycles. The van der Waals surface area contributed by atoms with Gasteiger partial charge in [-0.25, -0.2) is 4.79 Å². The van der Waals surface area contributed by atoms with Crippen molar-refractivity contribution in [1.82, 2.24) is 0 Å². The second kappa shape index (κ2) is 9.62. The van der Waals surface area contributed by atoms with Crippen molar-refractivity contribution < 1.29 is 24.5 Å². The minimum atomic E-state index is -0.969. The second-order valence-corrected chi connectivity index (χ2v) is 10.1. The van der Waals surface area contributed by atoms with Gasteiger partial charge < -0.3 is 14.9 Å². The fourth-order valence-electron chi connectivity index (χ4n) is 6.38. The zero-order valence-corrected chi connectivity index (χ0v) is 19.5. The normalized spacial score (nSPS) is 32.8. The maximum atomic E-state index is 12.9. The average molecular weight is 441 g/mol. The second-order valence-electron chi connectivity index (χ2n) is 10.1. The molecule has 3 rings (SSSR count). The maximum Gasteiger partial charge on any atom is 0.338 e. The molecular weight excluding hydrogens is 404 g/mol. The van der Waals surface area contributed by atoms with E-state index < -0.39 is 23.5 Å². The first kappa shape index (κ1) is 24.2. The number of fused-ring (bicyclic) bond motifs is 1. The lowest BCUT2D eigenvalue weighted by Crippen LogP contribution is -2.59. The Hall–Kier alpha value is -2.40. The smallest absolute Gasteiger partial charge is 0.338 e. The molecule has 2 fully saturated rings. The van der Waals surface area contributed by atoms with Gasteiger partial charge in [0.1, 0.15) is 6.10 Å². The quantitative estimate of drug-likeness (QED) is 0.438. The summed E-state index contributed by atoms with van der Waals surface area (Å²) >= 11 is 0. The molecule has 1 aromatic rings. The number of hydrogen-bond acceptors (Lipinski definition) is 4. The van der Waals surface area contributed by atoms with Crippen molar-refractivity contribution in [3.63, 3.8) is 0 Å². The number of carbonyl (C=O) groups is 2. The van der Waals surface area contributed by atoms with Crippen molar-refractivity contribution in [3.8, 4) is 0 Å². The van der Waals surface area contributed by atoms with E-state index in [-0.39, 0.29) is 23.9 Å². The molecule has 5 nitrogen and oxygen atoms in total. The summed E-state index contributed by atoms with van der Waals surface area (Å²) in [6.07, 6.45) is 5.73. The van der Waals surface area contributed by atoms with Gasteiger partial charge in [-0.3, -0.25) is 4.79 Å². The van der Waals surface area contributed by atoms with Gasteiger partial charge in [-0.1, -0.05) is 55.3 Å². The Balaban J connectivity index is 1.96. The van der Waals surface area contributed by atoms with Crippen molar-refractivity contribution in [3.05, 3.63) is 59.7 Å². The number of hydrogen-bond donors (Lipinski definition) is 2. The molecule has 174 valence electrons. The first-order chi connectivity index (χ1) is 15.1. The van der Waals surface area contributed by atoms with E-state index in [9.17, 15) is 19.8 Å². The highest BCUT2D eigenvalue weighted by Gasteiger charge is 2.61. The van der Waals surface area contributed by atoms with Gasteiger partial charge in [0.2, 0.25) is 0 Å². The minimum Gasteiger partial charge on any atom is -0.481 e. The Morgan fingerprint density at radius 1 is 1.22 bits per heavy atom. The Kier molecular flexibility index (Phi) is 7.29. The number of ether oxygens (including phenoxy) is 1. The van der Waals surface area contributed by atoms with Gasteiger partial charge in [-0.05, 0) is 63.0 Å². The summed E-state index contributed by atoms with van der Waals surface area (Å²) in [5, 5.41) is 19.5. The molecule has 0 saturated heterocycles. The number of carboxylic acids is 1. The van der Waals surface area contributed by atoms with Gasteiger partial charge in [0.05, 0.1) is 17.6 Å². The van der Waals surface area contributed by atoms with E-state index in [4.69, 9.17) is 4.74 Å². The Bertz CT molecular complexity index is 889. The molecule has 0 unspecified atom stereocenters. The van der Waals surface area contributed by atoms with Crippen molar-refractivity contribution in [2.75, 3.05) is 6.61 Å². The molecule has 2 aliphatic carbocycles. The monoisotopic (exact) mass is 440 g/mol. The number of carboxylic acid groups (broad SMARTS) is 1. The van der Waals surface area contributed by atoms with E-state index >= 15 is 0 Å². The zero-order valence-electron chi connectivity index (χ0n) is 19.5. The number of aliphatic hydroxyl groups is 1. The van der Waals surface area contributed by atoms with Crippen LogP contribution < -0.4 is 0 Å². The molecule has 2 N–H and O–H groups in total. The van der Waals surface area contributed by atoms with Gasteiger partial charge >= 0.3 is 11.9 Å². The number of benzene rings is 1. The van der Waals surface area contributed by atoms with Crippen LogP contribution in [-0.4, -0.2) is 34.9 Å². The lowest BCUT2D eigenvalue weighted by molar-refractivity contribution is -0.177. The number of carbonyl (C=O) groups excluding carboxylic acids is 1. The molecule has 0 aliphatic heterocycles. The first-order valence-electron chi connectivity index (χ1n) is 11.6. The number of aliphatic carboxylic acids is 1. The molecule has 0 amide bonds. The summed E-state index contributed by atoms with van der Waals surface area (Å²) in [5.41, 5.74) is 1.32. The van der Waals surface area contributed by atoms with Crippen molar-refractivity contribution in [2.45, 2.75) is 65.4 Å². The van der Waals surface area contributed by atoms with Crippen LogP contribution in [0.4, 0.5) is 0 Å². The predicted octanol–water partition coefficient (Wildman–Crippen LogP) is 5.40. The van der Waals surface area contributed by atoms with Crippen LogP contribution in [-0.2, 0) is 9.53 Å². The van der Waals surface area contributed by atoms with E-state index in [0.717, 1.165) is 36.8 Å². The van der Waals surface area contributed by atoms with E-state index in [1.807, 2.05) is 26.0 Å². The number of allylic oxidation sites excluding steroid dienone is 1. The van der Waals surface area contributed by atoms with Crippen LogP contribution in [0.1, 0.15) is 69.7 Å². The lowest BCUT2D eigenvalue weighted by Gasteiger charge is -2.59. The topological polar surface area (TPSA) is 83.8 Å². The van der Waals surface area contributed by atoms with E-state index in [1.165, 1.54) is 0 Å².